The SMILES string of the molecule is COc1ccc(CN2CC2CC(C#N)c2ccccc2)cc1. The summed E-state index contributed by atoms with van der Waals surface area (Å²) in [5.74, 6) is 0.881. The lowest BCUT2D eigenvalue weighted by molar-refractivity contribution is 0.414. The molecule has 1 saturated heterocycles. The first-order chi connectivity index (χ1) is 10.8. The zero-order valence-electron chi connectivity index (χ0n) is 12.8. The average Bonchev–Trinajstić information content (AvgIpc) is 3.31. The zero-order valence-corrected chi connectivity index (χ0v) is 12.8. The van der Waals surface area contributed by atoms with Crippen LogP contribution in [-0.4, -0.2) is 24.6 Å². The Balaban J connectivity index is 1.54. The van der Waals surface area contributed by atoms with E-state index in [1.807, 2.05) is 42.5 Å². The Morgan fingerprint density at radius 1 is 1.18 bits per heavy atom. The van der Waals surface area contributed by atoms with Crippen molar-refractivity contribution in [1.29, 1.82) is 5.26 Å². The van der Waals surface area contributed by atoms with E-state index in [-0.39, 0.29) is 5.92 Å². The van der Waals surface area contributed by atoms with Gasteiger partial charge in [0.1, 0.15) is 5.75 Å². The molecule has 22 heavy (non-hydrogen) atoms. The van der Waals surface area contributed by atoms with E-state index >= 15 is 0 Å². The lowest BCUT2D eigenvalue weighted by Gasteiger charge is -2.10. The normalized spacial score (nSPS) is 20.9. The summed E-state index contributed by atoms with van der Waals surface area (Å²) in [4.78, 5) is 2.41. The fourth-order valence-electron chi connectivity index (χ4n) is 2.83. The smallest absolute Gasteiger partial charge is 0.118 e. The van der Waals surface area contributed by atoms with Gasteiger partial charge < -0.3 is 4.74 Å². The van der Waals surface area contributed by atoms with E-state index < -0.39 is 0 Å². The van der Waals surface area contributed by atoms with Crippen LogP contribution in [0.15, 0.2) is 54.6 Å². The molecule has 0 bridgehead atoms. The number of nitrogens with zero attached hydrogens (tertiary/aromatic N) is 2. The summed E-state index contributed by atoms with van der Waals surface area (Å²) in [6.45, 7) is 2.03. The fraction of sp³-hybridized carbons (Fsp3) is 0.316. The molecule has 0 aliphatic carbocycles. The van der Waals surface area contributed by atoms with Gasteiger partial charge in [-0.3, -0.25) is 4.90 Å². The van der Waals surface area contributed by atoms with Crippen LogP contribution in [0.2, 0.25) is 0 Å². The zero-order chi connectivity index (χ0) is 15.4. The molecular weight excluding hydrogens is 272 g/mol. The molecule has 0 N–H and O–H groups in total. The van der Waals surface area contributed by atoms with Crippen molar-refractivity contribution in [1.82, 2.24) is 4.90 Å². The van der Waals surface area contributed by atoms with Gasteiger partial charge in [0.05, 0.1) is 19.1 Å². The third-order valence-corrected chi connectivity index (χ3v) is 4.24. The van der Waals surface area contributed by atoms with E-state index in [0.717, 1.165) is 30.8 Å². The number of hydrogen-bond acceptors (Lipinski definition) is 3. The summed E-state index contributed by atoms with van der Waals surface area (Å²) in [7, 11) is 1.68. The third kappa shape index (κ3) is 3.47. The minimum atomic E-state index is -0.00735. The van der Waals surface area contributed by atoms with Crippen molar-refractivity contribution in [3.63, 3.8) is 0 Å². The van der Waals surface area contributed by atoms with E-state index in [1.54, 1.807) is 7.11 Å². The highest BCUT2D eigenvalue weighted by Gasteiger charge is 2.35. The van der Waals surface area contributed by atoms with Crippen molar-refractivity contribution in [3.05, 3.63) is 65.7 Å². The second-order valence-corrected chi connectivity index (χ2v) is 5.76. The molecule has 3 rings (SSSR count). The van der Waals surface area contributed by atoms with Crippen LogP contribution in [0.25, 0.3) is 0 Å². The van der Waals surface area contributed by atoms with Crippen molar-refractivity contribution in [2.45, 2.75) is 24.9 Å². The number of benzene rings is 2. The summed E-state index contributed by atoms with van der Waals surface area (Å²) in [5.41, 5.74) is 2.41. The molecule has 0 radical (unpaired) electrons. The number of hydrogen-bond donors (Lipinski definition) is 0. The molecule has 2 aromatic carbocycles. The second kappa shape index (κ2) is 6.64. The summed E-state index contributed by atoms with van der Waals surface area (Å²) in [5, 5.41) is 9.41. The first-order valence-electron chi connectivity index (χ1n) is 7.61. The summed E-state index contributed by atoms with van der Waals surface area (Å²) < 4.78 is 5.18. The number of methoxy groups -OCH3 is 1. The minimum Gasteiger partial charge on any atom is -0.497 e. The van der Waals surface area contributed by atoms with E-state index in [2.05, 4.69) is 23.1 Å². The summed E-state index contributed by atoms with van der Waals surface area (Å²) in [6, 6.07) is 21.3. The standard InChI is InChI=1S/C19H20N2O/c1-22-19-9-7-15(8-10-19)13-21-14-18(21)11-17(12-20)16-5-3-2-4-6-16/h2-10,17-18H,11,13-14H2,1H3. The second-order valence-electron chi connectivity index (χ2n) is 5.76. The lowest BCUT2D eigenvalue weighted by Crippen LogP contribution is -2.06. The highest BCUT2D eigenvalue weighted by atomic mass is 16.5. The topological polar surface area (TPSA) is 36.0 Å². The van der Waals surface area contributed by atoms with Crippen molar-refractivity contribution < 1.29 is 4.74 Å². The number of ether oxygens (including phenoxy) is 1. The van der Waals surface area contributed by atoms with Gasteiger partial charge in [-0.25, -0.2) is 0 Å². The molecule has 3 nitrogen and oxygen atoms in total. The van der Waals surface area contributed by atoms with E-state index in [1.165, 1.54) is 5.56 Å². The van der Waals surface area contributed by atoms with Crippen molar-refractivity contribution in [2.75, 3.05) is 13.7 Å². The van der Waals surface area contributed by atoms with Gasteiger partial charge in [-0.05, 0) is 29.7 Å². The number of nitriles is 1. The van der Waals surface area contributed by atoms with Crippen LogP contribution >= 0.6 is 0 Å². The molecule has 0 amide bonds. The monoisotopic (exact) mass is 292 g/mol. The number of rotatable bonds is 6. The van der Waals surface area contributed by atoms with Gasteiger partial charge in [-0.2, -0.15) is 5.26 Å². The van der Waals surface area contributed by atoms with Gasteiger partial charge in [0, 0.05) is 19.1 Å². The third-order valence-electron chi connectivity index (χ3n) is 4.24. The molecule has 1 aliphatic heterocycles. The van der Waals surface area contributed by atoms with Gasteiger partial charge in [0.2, 0.25) is 0 Å². The molecule has 0 saturated carbocycles. The molecular formula is C19H20N2O. The Labute approximate surface area is 131 Å². The molecule has 3 unspecified atom stereocenters. The maximum Gasteiger partial charge on any atom is 0.118 e. The summed E-state index contributed by atoms with van der Waals surface area (Å²) in [6.07, 6.45) is 0.913. The maximum absolute atomic E-state index is 9.41. The molecule has 0 spiro atoms. The van der Waals surface area contributed by atoms with E-state index in [4.69, 9.17) is 4.74 Å². The minimum absolute atomic E-state index is 0.00735. The predicted molar refractivity (Wildman–Crippen MR) is 86.6 cm³/mol. The molecule has 3 heteroatoms. The van der Waals surface area contributed by atoms with Crippen LogP contribution in [0.5, 0.6) is 5.75 Å². The largest absolute Gasteiger partial charge is 0.497 e. The first kappa shape index (κ1) is 14.6. The van der Waals surface area contributed by atoms with Gasteiger partial charge in [0.25, 0.3) is 0 Å². The molecule has 112 valence electrons. The van der Waals surface area contributed by atoms with Crippen LogP contribution in [-0.2, 0) is 6.54 Å². The molecule has 1 fully saturated rings. The lowest BCUT2D eigenvalue weighted by atomic mass is 9.96. The van der Waals surface area contributed by atoms with Crippen molar-refractivity contribution in [2.24, 2.45) is 0 Å². The Morgan fingerprint density at radius 2 is 1.91 bits per heavy atom. The average molecular weight is 292 g/mol. The van der Waals surface area contributed by atoms with Gasteiger partial charge >= 0.3 is 0 Å². The van der Waals surface area contributed by atoms with Crippen molar-refractivity contribution >= 4 is 0 Å². The maximum atomic E-state index is 9.41. The van der Waals surface area contributed by atoms with Crippen LogP contribution in [0.4, 0.5) is 0 Å². The molecule has 0 aromatic heterocycles. The van der Waals surface area contributed by atoms with Crippen LogP contribution in [0, 0.1) is 11.3 Å². The summed E-state index contributed by atoms with van der Waals surface area (Å²) >= 11 is 0. The Hall–Kier alpha value is -2.31. The molecule has 1 aliphatic rings. The first-order valence-corrected chi connectivity index (χ1v) is 7.61. The van der Waals surface area contributed by atoms with E-state index in [9.17, 15) is 5.26 Å². The Bertz CT molecular complexity index is 645. The molecule has 2 aromatic rings. The van der Waals surface area contributed by atoms with Gasteiger partial charge in [-0.1, -0.05) is 42.5 Å². The molecule has 3 atom stereocenters. The van der Waals surface area contributed by atoms with E-state index in [0.29, 0.717) is 6.04 Å². The van der Waals surface area contributed by atoms with Gasteiger partial charge in [-0.15, -0.1) is 0 Å². The predicted octanol–water partition coefficient (Wildman–Crippen LogP) is 3.58. The van der Waals surface area contributed by atoms with Gasteiger partial charge in [0.15, 0.2) is 0 Å². The van der Waals surface area contributed by atoms with Crippen molar-refractivity contribution in [3.8, 4) is 11.8 Å². The van der Waals surface area contributed by atoms with Crippen LogP contribution in [0.3, 0.4) is 0 Å². The molecule has 1 heterocycles. The Kier molecular flexibility index (Phi) is 4.41. The van der Waals surface area contributed by atoms with Crippen LogP contribution in [0.1, 0.15) is 23.5 Å². The fourth-order valence-corrected chi connectivity index (χ4v) is 2.83. The Morgan fingerprint density at radius 3 is 2.55 bits per heavy atom. The highest BCUT2D eigenvalue weighted by molar-refractivity contribution is 5.28. The highest BCUT2D eigenvalue weighted by Crippen LogP contribution is 2.31. The quantitative estimate of drug-likeness (QED) is 0.764. The van der Waals surface area contributed by atoms with Crippen LogP contribution < -0.4 is 4.74 Å².